The number of hydrogen-bond donors (Lipinski definition) is 1. The van der Waals surface area contributed by atoms with Crippen molar-refractivity contribution >= 4 is 32.0 Å². The molecule has 0 unspecified atom stereocenters. The molecular formula is C10H10BrN3O3S. The maximum Gasteiger partial charge on any atom is 0.335 e. The Kier molecular flexibility index (Phi) is 3.67. The molecule has 0 aliphatic heterocycles. The van der Waals surface area contributed by atoms with E-state index < -0.39 is 10.0 Å². The van der Waals surface area contributed by atoms with Crippen molar-refractivity contribution in [3.8, 4) is 0 Å². The lowest BCUT2D eigenvalue weighted by Gasteiger charge is -2.04. The summed E-state index contributed by atoms with van der Waals surface area (Å²) in [6, 6.07) is 6.34. The van der Waals surface area contributed by atoms with E-state index in [-0.39, 0.29) is 10.9 Å². The molecule has 0 aliphatic rings. The van der Waals surface area contributed by atoms with Gasteiger partial charge in [-0.3, -0.25) is 0 Å². The normalized spacial score (nSPS) is 11.4. The Labute approximate surface area is 113 Å². The number of sulfonamides is 1. The number of nitrogens with one attached hydrogen (secondary N) is 1. The lowest BCUT2D eigenvalue weighted by molar-refractivity contribution is 0.429. The second kappa shape index (κ2) is 5.07. The van der Waals surface area contributed by atoms with Crippen LogP contribution < -0.4 is 4.72 Å². The van der Waals surface area contributed by atoms with Crippen molar-refractivity contribution in [2.45, 2.75) is 17.1 Å². The standard InChI is InChI=1S/C10H10BrN3O3S/c1-7-12-10(17-13-7)14-18(15,16)9-4-2-8(6-11)3-5-9/h2-5H,6H2,1H3,(H,12,13,14). The van der Waals surface area contributed by atoms with E-state index in [0.717, 1.165) is 5.56 Å². The van der Waals surface area contributed by atoms with Gasteiger partial charge in [0.25, 0.3) is 10.0 Å². The largest absolute Gasteiger partial charge is 0.335 e. The number of aromatic nitrogens is 2. The zero-order valence-electron chi connectivity index (χ0n) is 9.42. The van der Waals surface area contributed by atoms with Gasteiger partial charge in [-0.25, -0.2) is 13.1 Å². The van der Waals surface area contributed by atoms with Crippen molar-refractivity contribution in [2.24, 2.45) is 0 Å². The molecule has 1 heterocycles. The smallest absolute Gasteiger partial charge is 0.314 e. The third kappa shape index (κ3) is 2.88. The zero-order chi connectivity index (χ0) is 13.2. The third-order valence-electron chi connectivity index (χ3n) is 2.14. The fraction of sp³-hybridized carbons (Fsp3) is 0.200. The predicted molar refractivity (Wildman–Crippen MR) is 68.9 cm³/mol. The van der Waals surface area contributed by atoms with Gasteiger partial charge in [0.1, 0.15) is 0 Å². The Morgan fingerprint density at radius 2 is 2.00 bits per heavy atom. The van der Waals surface area contributed by atoms with Crippen LogP contribution in [-0.2, 0) is 15.4 Å². The van der Waals surface area contributed by atoms with Gasteiger partial charge < -0.3 is 4.52 Å². The fourth-order valence-corrected chi connectivity index (χ4v) is 2.57. The number of anilines is 1. The minimum absolute atomic E-state index is 0.142. The first-order valence-electron chi connectivity index (χ1n) is 4.99. The molecule has 6 nitrogen and oxygen atoms in total. The van der Waals surface area contributed by atoms with Gasteiger partial charge in [-0.2, -0.15) is 4.98 Å². The van der Waals surface area contributed by atoms with Crippen LogP contribution in [0.4, 0.5) is 6.01 Å². The number of rotatable bonds is 4. The van der Waals surface area contributed by atoms with Crippen molar-refractivity contribution in [2.75, 3.05) is 4.72 Å². The van der Waals surface area contributed by atoms with Gasteiger partial charge in [0, 0.05) is 5.33 Å². The highest BCUT2D eigenvalue weighted by Crippen LogP contribution is 2.16. The van der Waals surface area contributed by atoms with E-state index in [1.165, 1.54) is 12.1 Å². The van der Waals surface area contributed by atoms with Crippen LogP contribution in [0, 0.1) is 6.92 Å². The molecule has 2 aromatic rings. The van der Waals surface area contributed by atoms with Crippen molar-refractivity contribution in [3.63, 3.8) is 0 Å². The fourth-order valence-electron chi connectivity index (χ4n) is 1.27. The van der Waals surface area contributed by atoms with Crippen molar-refractivity contribution in [1.29, 1.82) is 0 Å². The van der Waals surface area contributed by atoms with Crippen LogP contribution in [0.15, 0.2) is 33.7 Å². The monoisotopic (exact) mass is 331 g/mol. The zero-order valence-corrected chi connectivity index (χ0v) is 11.8. The summed E-state index contributed by atoms with van der Waals surface area (Å²) >= 11 is 3.29. The summed E-state index contributed by atoms with van der Waals surface area (Å²) in [4.78, 5) is 3.92. The molecule has 0 saturated carbocycles. The first-order chi connectivity index (χ1) is 8.51. The molecule has 0 spiro atoms. The van der Waals surface area contributed by atoms with Gasteiger partial charge in [0.15, 0.2) is 5.82 Å². The molecule has 1 aromatic heterocycles. The van der Waals surface area contributed by atoms with E-state index in [4.69, 9.17) is 4.52 Å². The van der Waals surface area contributed by atoms with Crippen LogP contribution in [0.1, 0.15) is 11.4 Å². The molecule has 2 rings (SSSR count). The van der Waals surface area contributed by atoms with Crippen molar-refractivity contribution in [1.82, 2.24) is 10.1 Å². The van der Waals surface area contributed by atoms with E-state index in [0.29, 0.717) is 11.2 Å². The number of nitrogens with zero attached hydrogens (tertiary/aromatic N) is 2. The van der Waals surface area contributed by atoms with Crippen LogP contribution in [0.2, 0.25) is 0 Å². The number of aryl methyl sites for hydroxylation is 1. The summed E-state index contributed by atoms with van der Waals surface area (Å²) in [5.74, 6) is 0.363. The third-order valence-corrected chi connectivity index (χ3v) is 4.12. The van der Waals surface area contributed by atoms with Crippen LogP contribution in [0.25, 0.3) is 0 Å². The Hall–Kier alpha value is -1.41. The molecule has 8 heteroatoms. The summed E-state index contributed by atoms with van der Waals surface area (Å²) in [5, 5.41) is 4.17. The SMILES string of the molecule is Cc1noc(NS(=O)(=O)c2ccc(CBr)cc2)n1. The molecule has 0 bridgehead atoms. The summed E-state index contributed by atoms with van der Waals surface area (Å²) in [6.07, 6.45) is 0. The number of halogens is 1. The van der Waals surface area contributed by atoms with Gasteiger partial charge in [-0.05, 0) is 24.6 Å². The lowest BCUT2D eigenvalue weighted by atomic mass is 10.2. The molecule has 18 heavy (non-hydrogen) atoms. The molecule has 0 fully saturated rings. The molecular weight excluding hydrogens is 322 g/mol. The van der Waals surface area contributed by atoms with Gasteiger partial charge in [0.05, 0.1) is 4.90 Å². The van der Waals surface area contributed by atoms with Crippen LogP contribution in [-0.4, -0.2) is 18.6 Å². The summed E-state index contributed by atoms with van der Waals surface area (Å²) in [5.41, 5.74) is 0.989. The van der Waals surface area contributed by atoms with Gasteiger partial charge in [-0.1, -0.05) is 33.2 Å². The number of benzene rings is 1. The minimum atomic E-state index is -3.69. The van der Waals surface area contributed by atoms with Crippen molar-refractivity contribution < 1.29 is 12.9 Å². The van der Waals surface area contributed by atoms with E-state index in [2.05, 4.69) is 30.8 Å². The van der Waals surface area contributed by atoms with Gasteiger partial charge in [-0.15, -0.1) is 0 Å². The Balaban J connectivity index is 2.24. The molecule has 96 valence electrons. The Bertz CT molecular complexity index is 637. The Morgan fingerprint density at radius 3 is 2.50 bits per heavy atom. The maximum absolute atomic E-state index is 12.0. The molecule has 0 aliphatic carbocycles. The number of alkyl halides is 1. The first kappa shape index (κ1) is 13.0. The van der Waals surface area contributed by atoms with Crippen LogP contribution in [0.3, 0.4) is 0 Å². The predicted octanol–water partition coefficient (Wildman–Crippen LogP) is 2.07. The Morgan fingerprint density at radius 1 is 1.33 bits per heavy atom. The molecule has 0 amide bonds. The minimum Gasteiger partial charge on any atom is -0.314 e. The maximum atomic E-state index is 12.0. The van der Waals surface area contributed by atoms with Gasteiger partial charge >= 0.3 is 6.01 Å². The first-order valence-corrected chi connectivity index (χ1v) is 7.60. The highest BCUT2D eigenvalue weighted by Gasteiger charge is 2.17. The quantitative estimate of drug-likeness (QED) is 0.867. The number of hydrogen-bond acceptors (Lipinski definition) is 5. The van der Waals surface area contributed by atoms with E-state index in [9.17, 15) is 8.42 Å². The second-order valence-electron chi connectivity index (χ2n) is 3.53. The highest BCUT2D eigenvalue weighted by molar-refractivity contribution is 9.08. The van der Waals surface area contributed by atoms with Crippen molar-refractivity contribution in [3.05, 3.63) is 35.7 Å². The van der Waals surface area contributed by atoms with Crippen LogP contribution in [0.5, 0.6) is 0 Å². The lowest BCUT2D eigenvalue weighted by Crippen LogP contribution is -2.13. The van der Waals surface area contributed by atoms with E-state index in [1.54, 1.807) is 19.1 Å². The van der Waals surface area contributed by atoms with E-state index >= 15 is 0 Å². The molecule has 1 aromatic carbocycles. The summed E-state index contributed by atoms with van der Waals surface area (Å²) < 4.78 is 30.8. The average Bonchev–Trinajstić information content (AvgIpc) is 2.74. The van der Waals surface area contributed by atoms with Crippen LogP contribution >= 0.6 is 15.9 Å². The average molecular weight is 332 g/mol. The molecule has 0 atom stereocenters. The summed E-state index contributed by atoms with van der Waals surface area (Å²) in [6.45, 7) is 1.60. The molecule has 1 N–H and O–H groups in total. The highest BCUT2D eigenvalue weighted by atomic mass is 79.9. The van der Waals surface area contributed by atoms with Gasteiger partial charge in [0.2, 0.25) is 0 Å². The topological polar surface area (TPSA) is 85.1 Å². The second-order valence-corrected chi connectivity index (χ2v) is 5.77. The summed E-state index contributed by atoms with van der Waals surface area (Å²) in [7, 11) is -3.69. The molecule has 0 saturated heterocycles. The van der Waals surface area contributed by atoms with E-state index in [1.807, 2.05) is 0 Å². The molecule has 0 radical (unpaired) electrons.